The second-order valence-corrected chi connectivity index (χ2v) is 5.42. The van der Waals surface area contributed by atoms with Crippen molar-refractivity contribution >= 4 is 5.91 Å². The van der Waals surface area contributed by atoms with Crippen LogP contribution in [0.1, 0.15) is 46.0 Å². The fourth-order valence-electron chi connectivity index (χ4n) is 3.24. The van der Waals surface area contributed by atoms with E-state index in [9.17, 15) is 4.79 Å². The molecule has 2 aliphatic rings. The number of carbonyl (C=O) groups is 1. The fraction of sp³-hybridized carbons (Fsp3) is 0.923. The molecule has 0 bridgehead atoms. The molecule has 0 aromatic heterocycles. The van der Waals surface area contributed by atoms with Crippen molar-refractivity contribution in [2.75, 3.05) is 6.54 Å². The number of amides is 1. The molecule has 92 valence electrons. The maximum absolute atomic E-state index is 11.1. The Hall–Kier alpha value is -0.570. The molecule has 1 aliphatic heterocycles. The van der Waals surface area contributed by atoms with Gasteiger partial charge in [0.2, 0.25) is 5.91 Å². The molecule has 2 N–H and O–H groups in total. The Morgan fingerprint density at radius 3 is 2.75 bits per heavy atom. The van der Waals surface area contributed by atoms with Crippen LogP contribution < -0.4 is 10.6 Å². The Morgan fingerprint density at radius 1 is 1.38 bits per heavy atom. The first-order valence-corrected chi connectivity index (χ1v) is 6.73. The van der Waals surface area contributed by atoms with Crippen LogP contribution in [-0.2, 0) is 4.79 Å². The van der Waals surface area contributed by atoms with E-state index in [4.69, 9.17) is 0 Å². The molecule has 3 heteroatoms. The van der Waals surface area contributed by atoms with E-state index in [2.05, 4.69) is 24.5 Å². The van der Waals surface area contributed by atoms with E-state index in [-0.39, 0.29) is 5.91 Å². The van der Waals surface area contributed by atoms with Crippen LogP contribution in [0, 0.1) is 11.8 Å². The van der Waals surface area contributed by atoms with Gasteiger partial charge in [0.25, 0.3) is 0 Å². The maximum atomic E-state index is 11.1. The normalized spacial score (nSPS) is 39.0. The van der Waals surface area contributed by atoms with E-state index in [0.29, 0.717) is 18.5 Å². The van der Waals surface area contributed by atoms with Gasteiger partial charge >= 0.3 is 0 Å². The molecule has 1 saturated carbocycles. The molecular formula is C13H24N2O. The first-order chi connectivity index (χ1) is 7.70. The van der Waals surface area contributed by atoms with Gasteiger partial charge in [-0.25, -0.2) is 0 Å². The number of rotatable bonds is 4. The lowest BCUT2D eigenvalue weighted by Gasteiger charge is -2.22. The van der Waals surface area contributed by atoms with Gasteiger partial charge in [0.1, 0.15) is 0 Å². The topological polar surface area (TPSA) is 41.1 Å². The Labute approximate surface area is 98.4 Å². The van der Waals surface area contributed by atoms with Gasteiger partial charge < -0.3 is 10.6 Å². The molecule has 3 nitrogen and oxygen atoms in total. The molecule has 1 saturated heterocycles. The zero-order valence-corrected chi connectivity index (χ0v) is 10.5. The third-order valence-corrected chi connectivity index (χ3v) is 4.46. The quantitative estimate of drug-likeness (QED) is 0.763. The number of hydrogen-bond acceptors (Lipinski definition) is 2. The average molecular weight is 224 g/mol. The van der Waals surface area contributed by atoms with Crippen LogP contribution in [0.3, 0.4) is 0 Å². The Bertz CT molecular complexity index is 254. The molecule has 1 heterocycles. The predicted molar refractivity (Wildman–Crippen MR) is 65.1 cm³/mol. The van der Waals surface area contributed by atoms with Crippen molar-refractivity contribution in [1.29, 1.82) is 0 Å². The standard InChI is InChI=1S/C13H24N2O/c1-3-10-4-6-12(9(10)2)14-8-11-5-7-13(16)15-11/h9-12,14H,3-8H2,1-2H3,(H,15,16). The van der Waals surface area contributed by atoms with Gasteiger partial charge in [-0.15, -0.1) is 0 Å². The second-order valence-electron chi connectivity index (χ2n) is 5.42. The van der Waals surface area contributed by atoms with Crippen molar-refractivity contribution < 1.29 is 4.79 Å². The van der Waals surface area contributed by atoms with Crippen LogP contribution in [0.2, 0.25) is 0 Å². The molecule has 0 radical (unpaired) electrons. The summed E-state index contributed by atoms with van der Waals surface area (Å²) in [5.41, 5.74) is 0. The van der Waals surface area contributed by atoms with E-state index < -0.39 is 0 Å². The Kier molecular flexibility index (Phi) is 3.85. The molecule has 1 aliphatic carbocycles. The van der Waals surface area contributed by atoms with E-state index in [1.54, 1.807) is 0 Å². The van der Waals surface area contributed by atoms with Gasteiger partial charge in [0, 0.05) is 25.0 Å². The van der Waals surface area contributed by atoms with Gasteiger partial charge in [-0.1, -0.05) is 20.3 Å². The summed E-state index contributed by atoms with van der Waals surface area (Å²) in [6.07, 6.45) is 5.69. The van der Waals surface area contributed by atoms with Gasteiger partial charge in [-0.2, -0.15) is 0 Å². The van der Waals surface area contributed by atoms with Crippen molar-refractivity contribution in [3.05, 3.63) is 0 Å². The molecule has 0 aromatic carbocycles. The van der Waals surface area contributed by atoms with Gasteiger partial charge in [0.05, 0.1) is 0 Å². The lowest BCUT2D eigenvalue weighted by molar-refractivity contribution is -0.119. The molecule has 2 fully saturated rings. The van der Waals surface area contributed by atoms with Crippen LogP contribution in [0.5, 0.6) is 0 Å². The first kappa shape index (κ1) is 11.9. The highest BCUT2D eigenvalue weighted by molar-refractivity contribution is 5.78. The lowest BCUT2D eigenvalue weighted by atomic mass is 9.93. The van der Waals surface area contributed by atoms with Crippen LogP contribution in [0.25, 0.3) is 0 Å². The summed E-state index contributed by atoms with van der Waals surface area (Å²) in [4.78, 5) is 11.1. The third-order valence-electron chi connectivity index (χ3n) is 4.46. The smallest absolute Gasteiger partial charge is 0.220 e. The zero-order chi connectivity index (χ0) is 11.5. The van der Waals surface area contributed by atoms with E-state index in [1.807, 2.05) is 0 Å². The summed E-state index contributed by atoms with van der Waals surface area (Å²) in [6, 6.07) is 1.04. The second kappa shape index (κ2) is 5.17. The zero-order valence-electron chi connectivity index (χ0n) is 10.5. The highest BCUT2D eigenvalue weighted by Gasteiger charge is 2.32. The molecule has 4 atom stereocenters. The third kappa shape index (κ3) is 2.57. The van der Waals surface area contributed by atoms with Gasteiger partial charge in [-0.05, 0) is 31.1 Å². The monoisotopic (exact) mass is 224 g/mol. The Balaban J connectivity index is 1.72. The maximum Gasteiger partial charge on any atom is 0.220 e. The lowest BCUT2D eigenvalue weighted by Crippen LogP contribution is -2.41. The van der Waals surface area contributed by atoms with Gasteiger partial charge in [0.15, 0.2) is 0 Å². The minimum atomic E-state index is 0.220. The number of carbonyl (C=O) groups excluding carboxylic acids is 1. The van der Waals surface area contributed by atoms with Crippen molar-refractivity contribution in [1.82, 2.24) is 10.6 Å². The SMILES string of the molecule is CCC1CCC(NCC2CCC(=O)N2)C1C. The fourth-order valence-corrected chi connectivity index (χ4v) is 3.24. The number of nitrogens with one attached hydrogen (secondary N) is 2. The van der Waals surface area contributed by atoms with Crippen molar-refractivity contribution in [3.63, 3.8) is 0 Å². The van der Waals surface area contributed by atoms with Crippen molar-refractivity contribution in [2.45, 2.75) is 58.0 Å². The van der Waals surface area contributed by atoms with Crippen LogP contribution in [-0.4, -0.2) is 24.5 Å². The molecule has 2 rings (SSSR count). The summed E-state index contributed by atoms with van der Waals surface area (Å²) in [6.45, 7) is 5.62. The largest absolute Gasteiger partial charge is 0.352 e. The van der Waals surface area contributed by atoms with Crippen molar-refractivity contribution in [2.24, 2.45) is 11.8 Å². The molecule has 0 aromatic rings. The summed E-state index contributed by atoms with van der Waals surface area (Å²) in [7, 11) is 0. The van der Waals surface area contributed by atoms with Crippen LogP contribution in [0.15, 0.2) is 0 Å². The van der Waals surface area contributed by atoms with E-state index in [0.717, 1.165) is 24.8 Å². The van der Waals surface area contributed by atoms with Crippen LogP contribution in [0.4, 0.5) is 0 Å². The minimum Gasteiger partial charge on any atom is -0.352 e. The summed E-state index contributed by atoms with van der Waals surface area (Å²) >= 11 is 0. The number of hydrogen-bond donors (Lipinski definition) is 2. The van der Waals surface area contributed by atoms with Crippen LogP contribution >= 0.6 is 0 Å². The summed E-state index contributed by atoms with van der Waals surface area (Å²) in [5, 5.41) is 6.66. The predicted octanol–water partition coefficient (Wildman–Crippen LogP) is 1.68. The average Bonchev–Trinajstić information content (AvgIpc) is 2.83. The highest BCUT2D eigenvalue weighted by atomic mass is 16.1. The minimum absolute atomic E-state index is 0.220. The van der Waals surface area contributed by atoms with Gasteiger partial charge in [-0.3, -0.25) is 4.79 Å². The Morgan fingerprint density at radius 2 is 2.19 bits per heavy atom. The molecule has 1 amide bonds. The van der Waals surface area contributed by atoms with E-state index in [1.165, 1.54) is 19.3 Å². The molecular weight excluding hydrogens is 200 g/mol. The molecule has 16 heavy (non-hydrogen) atoms. The highest BCUT2D eigenvalue weighted by Crippen LogP contribution is 2.33. The summed E-state index contributed by atoms with van der Waals surface area (Å²) in [5.74, 6) is 1.91. The summed E-state index contributed by atoms with van der Waals surface area (Å²) < 4.78 is 0. The van der Waals surface area contributed by atoms with Crippen molar-refractivity contribution in [3.8, 4) is 0 Å². The molecule has 4 unspecified atom stereocenters. The first-order valence-electron chi connectivity index (χ1n) is 6.73. The molecule has 0 spiro atoms. The van der Waals surface area contributed by atoms with E-state index >= 15 is 0 Å².